The number of primary amides is 1. The molecule has 0 aliphatic rings. The van der Waals surface area contributed by atoms with Crippen LogP contribution in [0.1, 0.15) is 15.9 Å². The molecule has 2 aromatic carbocycles. The Morgan fingerprint density at radius 1 is 1.31 bits per heavy atom. The number of nitrogens with zero attached hydrogens (tertiary/aromatic N) is 2. The van der Waals surface area contributed by atoms with E-state index in [1.807, 2.05) is 24.3 Å². The molecule has 3 aromatic rings. The van der Waals surface area contributed by atoms with Crippen molar-refractivity contribution in [3.63, 3.8) is 0 Å². The summed E-state index contributed by atoms with van der Waals surface area (Å²) in [6.07, 6.45) is 1.58. The van der Waals surface area contributed by atoms with E-state index in [1.165, 1.54) is 0 Å². The summed E-state index contributed by atoms with van der Waals surface area (Å²) in [4.78, 5) is 16.1. The molecule has 1 heterocycles. The topological polar surface area (TPSA) is 105 Å². The highest BCUT2D eigenvalue weighted by atomic mass is 35.5. The normalized spacial score (nSPS) is 10.8. The zero-order valence-electron chi connectivity index (χ0n) is 13.9. The van der Waals surface area contributed by atoms with Crippen molar-refractivity contribution in [2.45, 2.75) is 0 Å². The first kappa shape index (κ1) is 17.5. The number of hydrogen-bond donors (Lipinski definition) is 3. The summed E-state index contributed by atoms with van der Waals surface area (Å²) in [5.41, 5.74) is 7.19. The van der Waals surface area contributed by atoms with Gasteiger partial charge in [-0.15, -0.1) is 0 Å². The van der Waals surface area contributed by atoms with E-state index in [-0.39, 0.29) is 11.4 Å². The monoisotopic (exact) mass is 369 g/mol. The number of H-pyrrole nitrogens is 1. The van der Waals surface area contributed by atoms with Gasteiger partial charge in [-0.2, -0.15) is 5.10 Å². The lowest BCUT2D eigenvalue weighted by atomic mass is 10.2. The maximum Gasteiger partial charge on any atom is 0.256 e. The van der Waals surface area contributed by atoms with Gasteiger partial charge in [0.15, 0.2) is 5.82 Å². The van der Waals surface area contributed by atoms with E-state index in [0.29, 0.717) is 16.6 Å². The van der Waals surface area contributed by atoms with Crippen LogP contribution in [0.3, 0.4) is 0 Å². The summed E-state index contributed by atoms with van der Waals surface area (Å²) in [7, 11) is 1.59. The van der Waals surface area contributed by atoms with E-state index in [2.05, 4.69) is 20.5 Å². The molecule has 0 unspecified atom stereocenters. The second kappa shape index (κ2) is 7.71. The summed E-state index contributed by atoms with van der Waals surface area (Å²) in [5.74, 6) is 0.610. The Kier molecular flexibility index (Phi) is 5.19. The molecule has 0 bridgehead atoms. The van der Waals surface area contributed by atoms with Gasteiger partial charge in [0, 0.05) is 16.9 Å². The minimum absolute atomic E-state index is 0.166. The number of nitrogens with one attached hydrogen (secondary N) is 2. The number of aromatic nitrogens is 2. The molecule has 0 radical (unpaired) electrons. The summed E-state index contributed by atoms with van der Waals surface area (Å²) in [6.45, 7) is 0. The molecule has 1 amide bonds. The molecular weight excluding hydrogens is 354 g/mol. The van der Waals surface area contributed by atoms with E-state index in [9.17, 15) is 4.79 Å². The zero-order valence-corrected chi connectivity index (χ0v) is 14.6. The molecule has 0 saturated carbocycles. The highest BCUT2D eigenvalue weighted by Gasteiger charge is 2.18. The van der Waals surface area contributed by atoms with Gasteiger partial charge in [0.2, 0.25) is 0 Å². The van der Waals surface area contributed by atoms with Gasteiger partial charge in [-0.3, -0.25) is 9.89 Å². The first-order valence-electron chi connectivity index (χ1n) is 7.65. The molecule has 0 fully saturated rings. The third-order valence-corrected chi connectivity index (χ3v) is 3.79. The molecule has 0 atom stereocenters. The molecule has 0 aliphatic heterocycles. The van der Waals surface area contributed by atoms with Crippen molar-refractivity contribution in [3.8, 4) is 5.75 Å². The van der Waals surface area contributed by atoms with Crippen LogP contribution in [0.25, 0.3) is 0 Å². The first-order valence-corrected chi connectivity index (χ1v) is 8.03. The smallest absolute Gasteiger partial charge is 0.256 e. The number of halogens is 1. The number of ether oxygens (including phenoxy) is 1. The van der Waals surface area contributed by atoms with Crippen LogP contribution in [0.5, 0.6) is 5.75 Å². The molecule has 8 heteroatoms. The van der Waals surface area contributed by atoms with Gasteiger partial charge in [-0.05, 0) is 42.0 Å². The molecule has 7 nitrogen and oxygen atoms in total. The van der Waals surface area contributed by atoms with E-state index < -0.39 is 5.91 Å². The Balaban J connectivity index is 1.88. The summed E-state index contributed by atoms with van der Waals surface area (Å²) in [5, 5.41) is 10.5. The molecule has 0 spiro atoms. The van der Waals surface area contributed by atoms with Crippen molar-refractivity contribution in [1.82, 2.24) is 10.2 Å². The van der Waals surface area contributed by atoms with Gasteiger partial charge in [0.05, 0.1) is 7.11 Å². The van der Waals surface area contributed by atoms with Gasteiger partial charge in [-0.25, -0.2) is 4.99 Å². The summed E-state index contributed by atoms with van der Waals surface area (Å²) >= 11 is 5.87. The first-order chi connectivity index (χ1) is 12.6. The fourth-order valence-corrected chi connectivity index (χ4v) is 2.41. The second-order valence-corrected chi connectivity index (χ2v) is 5.76. The number of benzene rings is 2. The third kappa shape index (κ3) is 4.01. The van der Waals surface area contributed by atoms with E-state index in [1.54, 1.807) is 37.6 Å². The fraction of sp³-hybridized carbons (Fsp3) is 0.0556. The minimum atomic E-state index is -0.645. The van der Waals surface area contributed by atoms with Crippen molar-refractivity contribution in [2.24, 2.45) is 10.7 Å². The van der Waals surface area contributed by atoms with Gasteiger partial charge in [-0.1, -0.05) is 23.7 Å². The molecule has 26 heavy (non-hydrogen) atoms. The van der Waals surface area contributed by atoms with Crippen LogP contribution < -0.4 is 15.8 Å². The maximum atomic E-state index is 11.9. The number of anilines is 2. The van der Waals surface area contributed by atoms with Crippen LogP contribution in [-0.4, -0.2) is 29.4 Å². The van der Waals surface area contributed by atoms with Crippen LogP contribution in [0.2, 0.25) is 5.02 Å². The van der Waals surface area contributed by atoms with Crippen LogP contribution in [-0.2, 0) is 0 Å². The van der Waals surface area contributed by atoms with Crippen LogP contribution in [0, 0.1) is 0 Å². The number of methoxy groups -OCH3 is 1. The minimum Gasteiger partial charge on any atom is -0.497 e. The lowest BCUT2D eigenvalue weighted by Crippen LogP contribution is -2.12. The third-order valence-electron chi connectivity index (χ3n) is 3.54. The summed E-state index contributed by atoms with van der Waals surface area (Å²) in [6, 6.07) is 14.3. The second-order valence-electron chi connectivity index (χ2n) is 5.33. The van der Waals surface area contributed by atoms with Crippen LogP contribution in [0.4, 0.5) is 17.3 Å². The number of carbonyl (C=O) groups is 1. The standard InChI is InChI=1S/C18H16ClN5O2/c1-26-14-4-2-3-11(9-14)10-21-17-15(16(20)25)18(24-23-17)22-13-7-5-12(19)6-8-13/h2-10H,1H3,(H2,20,25)(H2,22,23,24). The Labute approximate surface area is 154 Å². The van der Waals surface area contributed by atoms with Crippen molar-refractivity contribution >= 4 is 41.0 Å². The molecule has 3 rings (SSSR count). The van der Waals surface area contributed by atoms with Crippen molar-refractivity contribution in [3.05, 3.63) is 64.7 Å². The van der Waals surface area contributed by atoms with Gasteiger partial charge in [0.25, 0.3) is 5.91 Å². The lowest BCUT2D eigenvalue weighted by Gasteiger charge is -2.05. The van der Waals surface area contributed by atoms with E-state index >= 15 is 0 Å². The van der Waals surface area contributed by atoms with Crippen molar-refractivity contribution in [1.29, 1.82) is 0 Å². The average molecular weight is 370 g/mol. The molecular formula is C18H16ClN5O2. The largest absolute Gasteiger partial charge is 0.497 e. The number of rotatable bonds is 6. The predicted octanol–water partition coefficient (Wildman–Crippen LogP) is 3.66. The molecule has 0 aliphatic carbocycles. The zero-order chi connectivity index (χ0) is 18.5. The Morgan fingerprint density at radius 2 is 2.08 bits per heavy atom. The number of hydrogen-bond acceptors (Lipinski definition) is 5. The van der Waals surface area contributed by atoms with Crippen molar-refractivity contribution < 1.29 is 9.53 Å². The average Bonchev–Trinajstić information content (AvgIpc) is 3.05. The Bertz CT molecular complexity index is 950. The van der Waals surface area contributed by atoms with Gasteiger partial charge >= 0.3 is 0 Å². The number of amides is 1. The number of nitrogens with two attached hydrogens (primary N) is 1. The van der Waals surface area contributed by atoms with Crippen molar-refractivity contribution in [2.75, 3.05) is 12.4 Å². The maximum absolute atomic E-state index is 11.9. The quantitative estimate of drug-likeness (QED) is 0.576. The number of aromatic amines is 1. The van der Waals surface area contributed by atoms with E-state index in [0.717, 1.165) is 11.3 Å². The Hall–Kier alpha value is -3.32. The SMILES string of the molecule is COc1cccc(C=Nc2n[nH]c(Nc3ccc(Cl)cc3)c2C(N)=O)c1. The molecule has 132 valence electrons. The van der Waals surface area contributed by atoms with Gasteiger partial charge in [0.1, 0.15) is 17.1 Å². The molecule has 4 N–H and O–H groups in total. The fourth-order valence-electron chi connectivity index (χ4n) is 2.28. The number of aliphatic imine (C=N–C) groups is 1. The Morgan fingerprint density at radius 3 is 2.77 bits per heavy atom. The van der Waals surface area contributed by atoms with Gasteiger partial charge < -0.3 is 15.8 Å². The van der Waals surface area contributed by atoms with Crippen LogP contribution in [0.15, 0.2) is 53.5 Å². The number of carbonyl (C=O) groups excluding carboxylic acids is 1. The molecule has 0 saturated heterocycles. The predicted molar refractivity (Wildman–Crippen MR) is 102 cm³/mol. The highest BCUT2D eigenvalue weighted by molar-refractivity contribution is 6.30. The molecule has 1 aromatic heterocycles. The van der Waals surface area contributed by atoms with E-state index in [4.69, 9.17) is 22.1 Å². The summed E-state index contributed by atoms with van der Waals surface area (Å²) < 4.78 is 5.17. The lowest BCUT2D eigenvalue weighted by molar-refractivity contribution is 0.100. The highest BCUT2D eigenvalue weighted by Crippen LogP contribution is 2.27. The van der Waals surface area contributed by atoms with Crippen LogP contribution >= 0.6 is 11.6 Å².